The van der Waals surface area contributed by atoms with Gasteiger partial charge in [-0.1, -0.05) is 0 Å². The van der Waals surface area contributed by atoms with Gasteiger partial charge in [0.15, 0.2) is 5.82 Å². The molecule has 1 heterocycles. The Labute approximate surface area is 96.4 Å². The number of nitrogens with one attached hydrogen (secondary N) is 2. The van der Waals surface area contributed by atoms with Gasteiger partial charge in [0.1, 0.15) is 5.54 Å². The van der Waals surface area contributed by atoms with E-state index >= 15 is 0 Å². The first-order valence-corrected chi connectivity index (χ1v) is 5.02. The number of halogens is 1. The van der Waals surface area contributed by atoms with E-state index in [4.69, 9.17) is 5.73 Å². The van der Waals surface area contributed by atoms with Crippen LogP contribution in [0, 0.1) is 5.82 Å². The molecule has 1 aromatic rings. The van der Waals surface area contributed by atoms with E-state index < -0.39 is 23.3 Å². The van der Waals surface area contributed by atoms with Gasteiger partial charge >= 0.3 is 6.03 Å². The third-order valence-corrected chi connectivity index (χ3v) is 2.60. The van der Waals surface area contributed by atoms with Gasteiger partial charge in [-0.2, -0.15) is 0 Å². The van der Waals surface area contributed by atoms with E-state index in [0.29, 0.717) is 12.8 Å². The van der Waals surface area contributed by atoms with Gasteiger partial charge in [0, 0.05) is 6.20 Å². The molecular formula is C10H11FN4O2. The minimum Gasteiger partial charge on any atom is -0.368 e. The van der Waals surface area contributed by atoms with Crippen LogP contribution in [-0.4, -0.2) is 22.5 Å². The molecule has 2 rings (SSSR count). The SMILES string of the molecule is NC(=O)C1(NC(=O)Nc2ccncc2F)CC1. The average Bonchev–Trinajstić information content (AvgIpc) is 3.02. The maximum atomic E-state index is 13.2. The minimum atomic E-state index is -0.965. The lowest BCUT2D eigenvalue weighted by atomic mass is 10.2. The Bertz CT molecular complexity index is 473. The fraction of sp³-hybridized carbons (Fsp3) is 0.300. The van der Waals surface area contributed by atoms with Gasteiger partial charge in [-0.15, -0.1) is 0 Å². The topological polar surface area (TPSA) is 97.1 Å². The van der Waals surface area contributed by atoms with Crippen LogP contribution in [0.25, 0.3) is 0 Å². The number of hydrogen-bond acceptors (Lipinski definition) is 3. The predicted octanol–water partition coefficient (Wildman–Crippen LogP) is 0.360. The van der Waals surface area contributed by atoms with E-state index in [2.05, 4.69) is 15.6 Å². The fourth-order valence-corrected chi connectivity index (χ4v) is 1.41. The summed E-state index contributed by atoms with van der Waals surface area (Å²) in [5.41, 5.74) is 4.17. The molecule has 0 atom stereocenters. The largest absolute Gasteiger partial charge is 0.368 e. The van der Waals surface area contributed by atoms with Crippen LogP contribution in [0.3, 0.4) is 0 Å². The van der Waals surface area contributed by atoms with Crippen molar-refractivity contribution in [3.05, 3.63) is 24.3 Å². The van der Waals surface area contributed by atoms with Crippen LogP contribution in [-0.2, 0) is 4.79 Å². The van der Waals surface area contributed by atoms with E-state index in [1.165, 1.54) is 12.3 Å². The fourth-order valence-electron chi connectivity index (χ4n) is 1.41. The second-order valence-corrected chi connectivity index (χ2v) is 3.88. The Kier molecular flexibility index (Phi) is 2.66. The number of urea groups is 1. The number of carbonyl (C=O) groups excluding carboxylic acids is 2. The van der Waals surface area contributed by atoms with Crippen LogP contribution in [0.5, 0.6) is 0 Å². The van der Waals surface area contributed by atoms with Crippen molar-refractivity contribution < 1.29 is 14.0 Å². The molecule has 0 bridgehead atoms. The van der Waals surface area contributed by atoms with Gasteiger partial charge in [-0.3, -0.25) is 9.78 Å². The average molecular weight is 238 g/mol. The first kappa shape index (κ1) is 11.3. The van der Waals surface area contributed by atoms with Crippen LogP contribution < -0.4 is 16.4 Å². The molecular weight excluding hydrogens is 227 g/mol. The summed E-state index contributed by atoms with van der Waals surface area (Å²) < 4.78 is 13.2. The van der Waals surface area contributed by atoms with E-state index in [0.717, 1.165) is 6.20 Å². The molecule has 6 nitrogen and oxygen atoms in total. The molecule has 0 saturated heterocycles. The molecule has 17 heavy (non-hydrogen) atoms. The van der Waals surface area contributed by atoms with Crippen molar-refractivity contribution in [1.82, 2.24) is 10.3 Å². The van der Waals surface area contributed by atoms with Crippen molar-refractivity contribution in [2.45, 2.75) is 18.4 Å². The first-order valence-electron chi connectivity index (χ1n) is 5.02. The Morgan fingerprint density at radius 2 is 2.18 bits per heavy atom. The summed E-state index contributed by atoms with van der Waals surface area (Å²) in [4.78, 5) is 26.1. The normalized spacial score (nSPS) is 16.1. The molecule has 1 aliphatic rings. The molecule has 7 heteroatoms. The number of amides is 3. The molecule has 0 radical (unpaired) electrons. The standard InChI is InChI=1S/C10H11FN4O2/c11-6-5-13-4-1-7(6)14-9(17)15-10(2-3-10)8(12)16/h1,4-5H,2-3H2,(H2,12,16)(H2,13,14,15,17). The molecule has 1 aliphatic carbocycles. The van der Waals surface area contributed by atoms with Crippen LogP contribution >= 0.6 is 0 Å². The zero-order chi connectivity index (χ0) is 12.5. The van der Waals surface area contributed by atoms with E-state index in [1.54, 1.807) is 0 Å². The summed E-state index contributed by atoms with van der Waals surface area (Å²) >= 11 is 0. The zero-order valence-corrected chi connectivity index (χ0v) is 8.87. The number of hydrogen-bond donors (Lipinski definition) is 3. The van der Waals surface area contributed by atoms with Crippen LogP contribution in [0.2, 0.25) is 0 Å². The molecule has 1 fully saturated rings. The maximum absolute atomic E-state index is 13.2. The smallest absolute Gasteiger partial charge is 0.320 e. The van der Waals surface area contributed by atoms with Crippen LogP contribution in [0.4, 0.5) is 14.9 Å². The van der Waals surface area contributed by atoms with Crippen molar-refractivity contribution in [3.63, 3.8) is 0 Å². The van der Waals surface area contributed by atoms with Crippen molar-refractivity contribution in [3.8, 4) is 0 Å². The third kappa shape index (κ3) is 2.32. The zero-order valence-electron chi connectivity index (χ0n) is 8.87. The Balaban J connectivity index is 1.99. The highest BCUT2D eigenvalue weighted by Crippen LogP contribution is 2.34. The number of aromatic nitrogens is 1. The van der Waals surface area contributed by atoms with Crippen molar-refractivity contribution in [2.24, 2.45) is 5.73 Å². The number of nitrogens with zero attached hydrogens (tertiary/aromatic N) is 1. The lowest BCUT2D eigenvalue weighted by Gasteiger charge is -2.14. The quantitative estimate of drug-likeness (QED) is 0.709. The number of carbonyl (C=O) groups is 2. The van der Waals surface area contributed by atoms with Gasteiger partial charge in [0.2, 0.25) is 5.91 Å². The second-order valence-electron chi connectivity index (χ2n) is 3.88. The molecule has 0 aliphatic heterocycles. The summed E-state index contributed by atoms with van der Waals surface area (Å²) in [7, 11) is 0. The van der Waals surface area contributed by atoms with Gasteiger partial charge < -0.3 is 16.4 Å². The van der Waals surface area contributed by atoms with E-state index in [9.17, 15) is 14.0 Å². The Morgan fingerprint density at radius 3 is 2.71 bits per heavy atom. The summed E-state index contributed by atoms with van der Waals surface area (Å²) in [5.74, 6) is -1.23. The molecule has 0 unspecified atom stereocenters. The Morgan fingerprint density at radius 1 is 1.47 bits per heavy atom. The molecule has 0 spiro atoms. The molecule has 0 aromatic carbocycles. The molecule has 3 amide bonds. The van der Waals surface area contributed by atoms with Crippen LogP contribution in [0.1, 0.15) is 12.8 Å². The van der Waals surface area contributed by atoms with Crippen molar-refractivity contribution in [1.29, 1.82) is 0 Å². The second kappa shape index (κ2) is 4.00. The van der Waals surface area contributed by atoms with E-state index in [1.807, 2.05) is 0 Å². The van der Waals surface area contributed by atoms with Gasteiger partial charge in [-0.05, 0) is 18.9 Å². The highest BCUT2D eigenvalue weighted by atomic mass is 19.1. The lowest BCUT2D eigenvalue weighted by Crippen LogP contribution is -2.48. The van der Waals surface area contributed by atoms with Crippen LogP contribution in [0.15, 0.2) is 18.5 Å². The monoisotopic (exact) mass is 238 g/mol. The molecule has 1 aromatic heterocycles. The Hall–Kier alpha value is -2.18. The third-order valence-electron chi connectivity index (χ3n) is 2.60. The number of pyridine rings is 1. The predicted molar refractivity (Wildman–Crippen MR) is 57.5 cm³/mol. The van der Waals surface area contributed by atoms with Crippen molar-refractivity contribution >= 4 is 17.6 Å². The lowest BCUT2D eigenvalue weighted by molar-refractivity contribution is -0.120. The first-order chi connectivity index (χ1) is 8.03. The summed E-state index contributed by atoms with van der Waals surface area (Å²) in [6.45, 7) is 0. The van der Waals surface area contributed by atoms with Crippen molar-refractivity contribution in [2.75, 3.05) is 5.32 Å². The number of nitrogens with two attached hydrogens (primary N) is 1. The van der Waals surface area contributed by atoms with Gasteiger partial charge in [-0.25, -0.2) is 9.18 Å². The summed E-state index contributed by atoms with van der Waals surface area (Å²) in [6.07, 6.45) is 3.35. The van der Waals surface area contributed by atoms with E-state index in [-0.39, 0.29) is 5.69 Å². The number of primary amides is 1. The van der Waals surface area contributed by atoms with Gasteiger partial charge in [0.05, 0.1) is 11.9 Å². The maximum Gasteiger partial charge on any atom is 0.320 e. The summed E-state index contributed by atoms with van der Waals surface area (Å²) in [6, 6.07) is 0.657. The highest BCUT2D eigenvalue weighted by molar-refractivity contribution is 5.97. The van der Waals surface area contributed by atoms with Gasteiger partial charge in [0.25, 0.3) is 0 Å². The molecule has 1 saturated carbocycles. The summed E-state index contributed by atoms with van der Waals surface area (Å²) in [5, 5.41) is 4.72. The molecule has 4 N–H and O–H groups in total. The minimum absolute atomic E-state index is 0.00206. The molecule has 90 valence electrons. The highest BCUT2D eigenvalue weighted by Gasteiger charge is 2.49. The number of anilines is 1. The number of rotatable bonds is 3.